The second-order valence-electron chi connectivity index (χ2n) is 6.63. The number of nitrogens with one attached hydrogen (secondary N) is 2. The Balaban J connectivity index is 1.71. The Morgan fingerprint density at radius 1 is 1.15 bits per heavy atom. The van der Waals surface area contributed by atoms with Gasteiger partial charge in [0.15, 0.2) is 0 Å². The number of hydrogen-bond acceptors (Lipinski definition) is 4. The van der Waals surface area contributed by atoms with E-state index in [9.17, 15) is 18.0 Å². The smallest absolute Gasteiger partial charge is 0.253 e. The molecule has 3 rings (SSSR count). The number of halogens is 1. The molecular weight excluding hydrogens is 378 g/mol. The zero-order valence-corrected chi connectivity index (χ0v) is 15.9. The lowest BCUT2D eigenvalue weighted by Crippen LogP contribution is -2.38. The summed E-state index contributed by atoms with van der Waals surface area (Å²) in [5.74, 6) is -0.842. The zero-order valence-electron chi connectivity index (χ0n) is 14.3. The van der Waals surface area contributed by atoms with Gasteiger partial charge in [0, 0.05) is 19.1 Å². The molecule has 1 saturated carbocycles. The number of nitrogens with zero attached hydrogens (tertiary/aromatic N) is 1. The van der Waals surface area contributed by atoms with E-state index in [1.807, 2.05) is 0 Å². The SMILES string of the molecule is O=C(CNC(=O)c1cc(S(=O)(=O)N2CCCCC2)ccc1Cl)NC1CC1. The van der Waals surface area contributed by atoms with Gasteiger partial charge in [0.25, 0.3) is 5.91 Å². The van der Waals surface area contributed by atoms with Crippen molar-refractivity contribution in [1.29, 1.82) is 0 Å². The molecule has 1 aliphatic heterocycles. The fraction of sp³-hybridized carbons (Fsp3) is 0.529. The van der Waals surface area contributed by atoms with Crippen molar-refractivity contribution in [2.24, 2.45) is 0 Å². The summed E-state index contributed by atoms with van der Waals surface area (Å²) >= 11 is 6.07. The van der Waals surface area contributed by atoms with Gasteiger partial charge in [-0.05, 0) is 43.9 Å². The third-order valence-electron chi connectivity index (χ3n) is 4.49. The van der Waals surface area contributed by atoms with Crippen molar-refractivity contribution in [2.45, 2.75) is 43.0 Å². The standard InChI is InChI=1S/C17H22ClN3O4S/c18-15-7-6-13(26(24,25)21-8-2-1-3-9-21)10-14(15)17(23)19-11-16(22)20-12-4-5-12/h6-7,10,12H,1-5,8-9,11H2,(H,19,23)(H,20,22). The maximum atomic E-state index is 12.8. The lowest BCUT2D eigenvalue weighted by Gasteiger charge is -2.26. The van der Waals surface area contributed by atoms with Crippen LogP contribution >= 0.6 is 11.6 Å². The van der Waals surface area contributed by atoms with Gasteiger partial charge in [-0.25, -0.2) is 8.42 Å². The van der Waals surface area contributed by atoms with Crippen LogP contribution in [-0.2, 0) is 14.8 Å². The summed E-state index contributed by atoms with van der Waals surface area (Å²) in [5.41, 5.74) is 0.0453. The van der Waals surface area contributed by atoms with E-state index in [1.54, 1.807) is 0 Å². The maximum Gasteiger partial charge on any atom is 0.253 e. The van der Waals surface area contributed by atoms with Crippen molar-refractivity contribution >= 4 is 33.4 Å². The molecule has 7 nitrogen and oxygen atoms in total. The average Bonchev–Trinajstić information content (AvgIpc) is 3.44. The van der Waals surface area contributed by atoms with Crippen LogP contribution in [0.2, 0.25) is 5.02 Å². The van der Waals surface area contributed by atoms with Crippen LogP contribution in [0.4, 0.5) is 0 Å². The Kier molecular flexibility index (Phi) is 5.84. The molecule has 0 spiro atoms. The lowest BCUT2D eigenvalue weighted by atomic mass is 10.2. The molecule has 2 fully saturated rings. The Hall–Kier alpha value is -1.64. The topological polar surface area (TPSA) is 95.6 Å². The van der Waals surface area contributed by atoms with Gasteiger partial charge in [-0.1, -0.05) is 18.0 Å². The summed E-state index contributed by atoms with van der Waals surface area (Å²) in [6, 6.07) is 4.29. The number of amides is 2. The van der Waals surface area contributed by atoms with Crippen LogP contribution in [0.1, 0.15) is 42.5 Å². The lowest BCUT2D eigenvalue weighted by molar-refractivity contribution is -0.120. The molecule has 0 unspecified atom stereocenters. The number of piperidine rings is 1. The van der Waals surface area contributed by atoms with Crippen LogP contribution in [0.5, 0.6) is 0 Å². The predicted molar refractivity (Wildman–Crippen MR) is 97.6 cm³/mol. The molecule has 0 aromatic heterocycles. The van der Waals surface area contributed by atoms with Crippen LogP contribution < -0.4 is 10.6 Å². The van der Waals surface area contributed by atoms with E-state index in [0.717, 1.165) is 32.1 Å². The molecular formula is C17H22ClN3O4S. The van der Waals surface area contributed by atoms with E-state index in [0.29, 0.717) is 13.1 Å². The molecule has 0 bridgehead atoms. The molecule has 142 valence electrons. The van der Waals surface area contributed by atoms with Crippen LogP contribution in [0, 0.1) is 0 Å². The Morgan fingerprint density at radius 3 is 2.50 bits per heavy atom. The molecule has 0 atom stereocenters. The fourth-order valence-electron chi connectivity index (χ4n) is 2.86. The maximum absolute atomic E-state index is 12.8. The van der Waals surface area contributed by atoms with E-state index in [-0.39, 0.29) is 34.0 Å². The van der Waals surface area contributed by atoms with Crippen molar-refractivity contribution in [3.05, 3.63) is 28.8 Å². The van der Waals surface area contributed by atoms with Crippen LogP contribution in [0.3, 0.4) is 0 Å². The Labute approximate surface area is 158 Å². The second-order valence-corrected chi connectivity index (χ2v) is 8.98. The molecule has 1 saturated heterocycles. The molecule has 1 aromatic rings. The van der Waals surface area contributed by atoms with E-state index in [4.69, 9.17) is 11.6 Å². The minimum atomic E-state index is -3.66. The molecule has 2 amide bonds. The second kappa shape index (κ2) is 7.94. The largest absolute Gasteiger partial charge is 0.352 e. The van der Waals surface area contributed by atoms with E-state index >= 15 is 0 Å². The third kappa shape index (κ3) is 4.55. The van der Waals surface area contributed by atoms with E-state index in [1.165, 1.54) is 22.5 Å². The Bertz CT molecular complexity index is 802. The number of sulfonamides is 1. The molecule has 2 aliphatic rings. The van der Waals surface area contributed by atoms with Gasteiger partial charge < -0.3 is 10.6 Å². The first-order chi connectivity index (χ1) is 12.4. The first kappa shape index (κ1) is 19.1. The van der Waals surface area contributed by atoms with Crippen molar-refractivity contribution in [3.8, 4) is 0 Å². The summed E-state index contributed by atoms with van der Waals surface area (Å²) < 4.78 is 26.9. The average molecular weight is 400 g/mol. The number of carbonyl (C=O) groups excluding carboxylic acids is 2. The molecule has 9 heteroatoms. The minimum absolute atomic E-state index is 0.0383. The van der Waals surface area contributed by atoms with Gasteiger partial charge in [-0.3, -0.25) is 9.59 Å². The van der Waals surface area contributed by atoms with Crippen molar-refractivity contribution < 1.29 is 18.0 Å². The highest BCUT2D eigenvalue weighted by Crippen LogP contribution is 2.25. The summed E-state index contributed by atoms with van der Waals surface area (Å²) in [7, 11) is -3.66. The number of benzene rings is 1. The van der Waals surface area contributed by atoms with Crippen LogP contribution in [-0.4, -0.2) is 50.2 Å². The third-order valence-corrected chi connectivity index (χ3v) is 6.71. The first-order valence-corrected chi connectivity index (χ1v) is 10.6. The molecule has 26 heavy (non-hydrogen) atoms. The van der Waals surface area contributed by atoms with Crippen molar-refractivity contribution in [2.75, 3.05) is 19.6 Å². The first-order valence-electron chi connectivity index (χ1n) is 8.75. The molecule has 1 heterocycles. The highest BCUT2D eigenvalue weighted by molar-refractivity contribution is 7.89. The summed E-state index contributed by atoms with van der Waals surface area (Å²) in [6.07, 6.45) is 4.60. The van der Waals surface area contributed by atoms with Crippen LogP contribution in [0.15, 0.2) is 23.1 Å². The highest BCUT2D eigenvalue weighted by atomic mass is 35.5. The van der Waals surface area contributed by atoms with Gasteiger partial charge in [-0.2, -0.15) is 4.31 Å². The quantitative estimate of drug-likeness (QED) is 0.758. The zero-order chi connectivity index (χ0) is 18.7. The van der Waals surface area contributed by atoms with E-state index in [2.05, 4.69) is 10.6 Å². The molecule has 1 aromatic carbocycles. The number of rotatable bonds is 6. The summed E-state index contributed by atoms with van der Waals surface area (Å²) in [4.78, 5) is 24.1. The van der Waals surface area contributed by atoms with Gasteiger partial charge in [0.1, 0.15) is 0 Å². The Morgan fingerprint density at radius 2 is 1.85 bits per heavy atom. The summed E-state index contributed by atoms with van der Waals surface area (Å²) in [6.45, 7) is 0.788. The fourth-order valence-corrected chi connectivity index (χ4v) is 4.60. The van der Waals surface area contributed by atoms with Gasteiger partial charge in [0.2, 0.25) is 15.9 Å². The molecule has 2 N–H and O–H groups in total. The monoisotopic (exact) mass is 399 g/mol. The van der Waals surface area contributed by atoms with E-state index < -0.39 is 15.9 Å². The van der Waals surface area contributed by atoms with Crippen molar-refractivity contribution in [1.82, 2.24) is 14.9 Å². The van der Waals surface area contributed by atoms with Crippen molar-refractivity contribution in [3.63, 3.8) is 0 Å². The van der Waals surface area contributed by atoms with Gasteiger partial charge in [0.05, 0.1) is 22.0 Å². The van der Waals surface area contributed by atoms with Gasteiger partial charge in [-0.15, -0.1) is 0 Å². The normalized spacial score (nSPS) is 18.3. The van der Waals surface area contributed by atoms with Gasteiger partial charge >= 0.3 is 0 Å². The molecule has 1 aliphatic carbocycles. The highest BCUT2D eigenvalue weighted by Gasteiger charge is 2.27. The minimum Gasteiger partial charge on any atom is -0.352 e. The number of hydrogen-bond donors (Lipinski definition) is 2. The number of carbonyl (C=O) groups is 2. The predicted octanol–water partition coefficient (Wildman–Crippen LogP) is 1.52. The molecule has 0 radical (unpaired) electrons. The van der Waals surface area contributed by atoms with Crippen LogP contribution in [0.25, 0.3) is 0 Å². The summed E-state index contributed by atoms with van der Waals surface area (Å²) in [5, 5.41) is 5.39.